The molecule has 1 heterocycles. The lowest BCUT2D eigenvalue weighted by Crippen LogP contribution is -2.01. The minimum atomic E-state index is -0.278. The van der Waals surface area contributed by atoms with Gasteiger partial charge in [0.05, 0.1) is 0 Å². The molecule has 1 aromatic heterocycles. The van der Waals surface area contributed by atoms with Crippen LogP contribution < -0.4 is 5.32 Å². The fraction of sp³-hybridized carbons (Fsp3) is 0.133. The van der Waals surface area contributed by atoms with Gasteiger partial charge >= 0.3 is 0 Å². The maximum absolute atomic E-state index is 13.6. The van der Waals surface area contributed by atoms with Crippen LogP contribution in [0, 0.1) is 12.7 Å². The first-order valence-corrected chi connectivity index (χ1v) is 6.54. The van der Waals surface area contributed by atoms with E-state index in [9.17, 15) is 4.39 Å². The van der Waals surface area contributed by atoms with Crippen LogP contribution in [0.15, 0.2) is 40.8 Å². The molecule has 20 heavy (non-hydrogen) atoms. The summed E-state index contributed by atoms with van der Waals surface area (Å²) in [5.74, 6) is 0.346. The van der Waals surface area contributed by atoms with Crippen LogP contribution in [0.5, 0.6) is 0 Å². The second-order valence-electron chi connectivity index (χ2n) is 4.50. The number of rotatable bonds is 3. The minimum Gasteiger partial charge on any atom is -0.441 e. The Morgan fingerprint density at radius 1 is 1.25 bits per heavy atom. The number of nitrogens with one attached hydrogen (secondary N) is 1. The molecule has 0 spiro atoms. The van der Waals surface area contributed by atoms with Gasteiger partial charge in [-0.1, -0.05) is 11.6 Å². The maximum atomic E-state index is 13.6. The SMILES string of the molecule is Cc1nc2cc(NCc3cc(Cl)ccc3F)ccc2o1. The summed E-state index contributed by atoms with van der Waals surface area (Å²) in [6.07, 6.45) is 0. The Kier molecular flexibility index (Phi) is 3.32. The highest BCUT2D eigenvalue weighted by atomic mass is 35.5. The second-order valence-corrected chi connectivity index (χ2v) is 4.94. The third-order valence-corrected chi connectivity index (χ3v) is 3.22. The quantitative estimate of drug-likeness (QED) is 0.769. The van der Waals surface area contributed by atoms with Crippen molar-refractivity contribution in [2.75, 3.05) is 5.32 Å². The molecule has 0 aliphatic rings. The van der Waals surface area contributed by atoms with Gasteiger partial charge in [0.2, 0.25) is 0 Å². The number of benzene rings is 2. The zero-order chi connectivity index (χ0) is 14.1. The third-order valence-electron chi connectivity index (χ3n) is 2.99. The zero-order valence-corrected chi connectivity index (χ0v) is 11.5. The lowest BCUT2D eigenvalue weighted by atomic mass is 10.2. The molecule has 102 valence electrons. The van der Waals surface area contributed by atoms with Crippen LogP contribution in [-0.2, 0) is 6.54 Å². The molecule has 0 fully saturated rings. The van der Waals surface area contributed by atoms with Gasteiger partial charge in [0.1, 0.15) is 11.3 Å². The van der Waals surface area contributed by atoms with E-state index in [0.717, 1.165) is 16.8 Å². The summed E-state index contributed by atoms with van der Waals surface area (Å²) < 4.78 is 19.0. The van der Waals surface area contributed by atoms with Crippen LogP contribution in [0.4, 0.5) is 10.1 Å². The lowest BCUT2D eigenvalue weighted by Gasteiger charge is -2.07. The van der Waals surface area contributed by atoms with Crippen molar-refractivity contribution in [2.24, 2.45) is 0 Å². The molecule has 0 saturated carbocycles. The highest BCUT2D eigenvalue weighted by Gasteiger charge is 2.05. The van der Waals surface area contributed by atoms with Crippen LogP contribution in [-0.4, -0.2) is 4.98 Å². The van der Waals surface area contributed by atoms with Gasteiger partial charge in [-0.25, -0.2) is 9.37 Å². The van der Waals surface area contributed by atoms with E-state index in [0.29, 0.717) is 23.0 Å². The van der Waals surface area contributed by atoms with E-state index in [1.54, 1.807) is 13.0 Å². The van der Waals surface area contributed by atoms with Crippen molar-refractivity contribution in [1.82, 2.24) is 4.98 Å². The molecule has 3 rings (SSSR count). The average molecular weight is 291 g/mol. The molecule has 1 N–H and O–H groups in total. The summed E-state index contributed by atoms with van der Waals surface area (Å²) in [7, 11) is 0. The van der Waals surface area contributed by atoms with Crippen molar-refractivity contribution in [3.8, 4) is 0 Å². The lowest BCUT2D eigenvalue weighted by molar-refractivity contribution is 0.561. The Morgan fingerprint density at radius 3 is 2.95 bits per heavy atom. The van der Waals surface area contributed by atoms with Gasteiger partial charge in [-0.3, -0.25) is 0 Å². The summed E-state index contributed by atoms with van der Waals surface area (Å²) in [5.41, 5.74) is 2.89. The fourth-order valence-corrected chi connectivity index (χ4v) is 2.22. The van der Waals surface area contributed by atoms with Crippen LogP contribution in [0.2, 0.25) is 5.02 Å². The zero-order valence-electron chi connectivity index (χ0n) is 10.8. The van der Waals surface area contributed by atoms with E-state index < -0.39 is 0 Å². The molecule has 0 amide bonds. The second kappa shape index (κ2) is 5.13. The highest BCUT2D eigenvalue weighted by molar-refractivity contribution is 6.30. The van der Waals surface area contributed by atoms with Gasteiger partial charge in [0.25, 0.3) is 0 Å². The maximum Gasteiger partial charge on any atom is 0.192 e. The van der Waals surface area contributed by atoms with Crippen LogP contribution in [0.3, 0.4) is 0 Å². The topological polar surface area (TPSA) is 38.1 Å². The molecule has 0 saturated heterocycles. The van der Waals surface area contributed by atoms with E-state index >= 15 is 0 Å². The molecule has 0 radical (unpaired) electrons. The Labute approximate surface area is 120 Å². The first-order chi connectivity index (χ1) is 9.61. The average Bonchev–Trinajstić information content (AvgIpc) is 2.79. The number of oxazole rings is 1. The van der Waals surface area contributed by atoms with Gasteiger partial charge < -0.3 is 9.73 Å². The van der Waals surface area contributed by atoms with Gasteiger partial charge in [-0.2, -0.15) is 0 Å². The smallest absolute Gasteiger partial charge is 0.192 e. The molecular weight excluding hydrogens is 279 g/mol. The molecule has 0 bridgehead atoms. The summed E-state index contributed by atoms with van der Waals surface area (Å²) in [5, 5.41) is 3.67. The van der Waals surface area contributed by atoms with E-state index in [-0.39, 0.29) is 5.82 Å². The number of aromatic nitrogens is 1. The first-order valence-electron chi connectivity index (χ1n) is 6.17. The number of anilines is 1. The fourth-order valence-electron chi connectivity index (χ4n) is 2.03. The number of halogens is 2. The van der Waals surface area contributed by atoms with Crippen LogP contribution in [0.25, 0.3) is 11.1 Å². The Balaban J connectivity index is 1.80. The van der Waals surface area contributed by atoms with Crippen molar-refractivity contribution < 1.29 is 8.81 Å². The first kappa shape index (κ1) is 12.9. The number of nitrogens with zero attached hydrogens (tertiary/aromatic N) is 1. The number of fused-ring (bicyclic) bond motifs is 1. The predicted octanol–water partition coefficient (Wildman–Crippen LogP) is 4.54. The Morgan fingerprint density at radius 2 is 2.10 bits per heavy atom. The van der Waals surface area contributed by atoms with Crippen molar-refractivity contribution >= 4 is 28.4 Å². The van der Waals surface area contributed by atoms with E-state index in [1.165, 1.54) is 12.1 Å². The predicted molar refractivity (Wildman–Crippen MR) is 77.5 cm³/mol. The summed E-state index contributed by atoms with van der Waals surface area (Å²) >= 11 is 5.86. The molecule has 3 nitrogen and oxygen atoms in total. The van der Waals surface area contributed by atoms with Gasteiger partial charge in [-0.05, 0) is 36.4 Å². The highest BCUT2D eigenvalue weighted by Crippen LogP contribution is 2.21. The Bertz CT molecular complexity index is 770. The van der Waals surface area contributed by atoms with Gasteiger partial charge in [0.15, 0.2) is 11.5 Å². The summed E-state index contributed by atoms with van der Waals surface area (Å²) in [4.78, 5) is 4.26. The van der Waals surface area contributed by atoms with E-state index in [2.05, 4.69) is 10.3 Å². The van der Waals surface area contributed by atoms with Gasteiger partial charge in [0, 0.05) is 29.7 Å². The number of hydrogen-bond donors (Lipinski definition) is 1. The third kappa shape index (κ3) is 2.60. The summed E-state index contributed by atoms with van der Waals surface area (Å²) in [6.45, 7) is 2.16. The molecule has 3 aromatic rings. The summed E-state index contributed by atoms with van der Waals surface area (Å²) in [6, 6.07) is 10.1. The molecule has 0 aliphatic carbocycles. The molecular formula is C15H12ClFN2O. The molecule has 0 aliphatic heterocycles. The molecule has 5 heteroatoms. The van der Waals surface area contributed by atoms with Crippen molar-refractivity contribution in [3.63, 3.8) is 0 Å². The van der Waals surface area contributed by atoms with Crippen LogP contribution >= 0.6 is 11.6 Å². The van der Waals surface area contributed by atoms with Crippen molar-refractivity contribution in [1.29, 1.82) is 0 Å². The number of hydrogen-bond acceptors (Lipinski definition) is 3. The molecule has 0 atom stereocenters. The molecule has 0 unspecified atom stereocenters. The standard InChI is InChI=1S/C15H12ClFN2O/c1-9-19-14-7-12(3-5-15(14)20-9)18-8-10-6-11(16)2-4-13(10)17/h2-7,18H,8H2,1H3. The van der Waals surface area contributed by atoms with Crippen molar-refractivity contribution in [3.05, 3.63) is 58.7 Å². The van der Waals surface area contributed by atoms with E-state index in [4.69, 9.17) is 16.0 Å². The van der Waals surface area contributed by atoms with Gasteiger partial charge in [-0.15, -0.1) is 0 Å². The Hall–Kier alpha value is -2.07. The normalized spacial score (nSPS) is 10.9. The monoisotopic (exact) mass is 290 g/mol. The minimum absolute atomic E-state index is 0.278. The van der Waals surface area contributed by atoms with Crippen LogP contribution in [0.1, 0.15) is 11.5 Å². The molecule has 2 aromatic carbocycles. The largest absolute Gasteiger partial charge is 0.441 e. The van der Waals surface area contributed by atoms with E-state index in [1.807, 2.05) is 18.2 Å². The number of aryl methyl sites for hydroxylation is 1. The van der Waals surface area contributed by atoms with Crippen molar-refractivity contribution in [2.45, 2.75) is 13.5 Å².